The topological polar surface area (TPSA) is 40.9 Å². The molecule has 0 fully saturated rings. The van der Waals surface area contributed by atoms with E-state index < -0.39 is 0 Å². The molecule has 0 aliphatic rings. The predicted molar refractivity (Wildman–Crippen MR) is 63.5 cm³/mol. The highest BCUT2D eigenvalue weighted by atomic mass is 79.9. The van der Waals surface area contributed by atoms with Gasteiger partial charge >= 0.3 is 0 Å². The Morgan fingerprint density at radius 3 is 2.93 bits per heavy atom. The van der Waals surface area contributed by atoms with Gasteiger partial charge in [0, 0.05) is 11.4 Å². The first-order valence-electron chi connectivity index (χ1n) is 4.43. The number of Topliss-reactive ketones (excluding diaryl/α,β-unsaturated/α-hetero) is 1. The Kier molecular flexibility index (Phi) is 4.80. The summed E-state index contributed by atoms with van der Waals surface area (Å²) in [4.78, 5) is 11.5. The van der Waals surface area contributed by atoms with Gasteiger partial charge in [0.05, 0.1) is 16.5 Å². The van der Waals surface area contributed by atoms with Crippen LogP contribution in [0.2, 0.25) is 0 Å². The maximum atomic E-state index is 11.8. The van der Waals surface area contributed by atoms with Crippen molar-refractivity contribution in [3.63, 3.8) is 0 Å². The highest BCUT2D eigenvalue weighted by molar-refractivity contribution is 9.10. The lowest BCUT2D eigenvalue weighted by molar-refractivity contribution is 0.0990. The number of rotatable bonds is 4. The Hall–Kier alpha value is -0.850. The summed E-state index contributed by atoms with van der Waals surface area (Å²) in [6.07, 6.45) is 0.581. The SMILES string of the molecule is N#Cc1cccc(C(=O)C(Br)CCCl)c1. The first kappa shape index (κ1) is 12.2. The summed E-state index contributed by atoms with van der Waals surface area (Å²) in [6, 6.07) is 8.66. The summed E-state index contributed by atoms with van der Waals surface area (Å²) in [5.41, 5.74) is 1.03. The van der Waals surface area contributed by atoms with Crippen LogP contribution in [-0.2, 0) is 0 Å². The molecule has 0 heterocycles. The van der Waals surface area contributed by atoms with Gasteiger partial charge in [-0.1, -0.05) is 28.1 Å². The number of alkyl halides is 2. The molecule has 0 amide bonds. The molecule has 1 aromatic rings. The van der Waals surface area contributed by atoms with Gasteiger partial charge in [0.25, 0.3) is 0 Å². The van der Waals surface area contributed by atoms with Crippen molar-refractivity contribution in [3.05, 3.63) is 35.4 Å². The Bertz CT molecular complexity index is 400. The van der Waals surface area contributed by atoms with Crippen molar-refractivity contribution >= 4 is 33.3 Å². The molecule has 1 atom stereocenters. The molecule has 4 heteroatoms. The van der Waals surface area contributed by atoms with Crippen molar-refractivity contribution in [1.82, 2.24) is 0 Å². The molecule has 0 aromatic heterocycles. The first-order chi connectivity index (χ1) is 7.19. The summed E-state index contributed by atoms with van der Waals surface area (Å²) in [7, 11) is 0. The number of nitriles is 1. The van der Waals surface area contributed by atoms with Crippen molar-refractivity contribution < 1.29 is 4.79 Å². The van der Waals surface area contributed by atoms with E-state index in [1.165, 1.54) is 0 Å². The highest BCUT2D eigenvalue weighted by Gasteiger charge is 2.16. The number of carbonyl (C=O) groups excluding carboxylic acids is 1. The van der Waals surface area contributed by atoms with Gasteiger partial charge in [-0.15, -0.1) is 11.6 Å². The summed E-state index contributed by atoms with van der Waals surface area (Å²) < 4.78 is 0. The van der Waals surface area contributed by atoms with Crippen molar-refractivity contribution in [1.29, 1.82) is 5.26 Å². The van der Waals surface area contributed by atoms with Crippen LogP contribution in [0.3, 0.4) is 0 Å². The molecule has 78 valence electrons. The largest absolute Gasteiger partial charge is 0.293 e. The minimum Gasteiger partial charge on any atom is -0.293 e. The van der Waals surface area contributed by atoms with Crippen molar-refractivity contribution in [2.24, 2.45) is 0 Å². The van der Waals surface area contributed by atoms with Crippen molar-refractivity contribution in [2.45, 2.75) is 11.2 Å². The average molecular weight is 287 g/mol. The van der Waals surface area contributed by atoms with Gasteiger partial charge in [-0.25, -0.2) is 0 Å². The Balaban J connectivity index is 2.87. The van der Waals surface area contributed by atoms with Crippen LogP contribution in [0.15, 0.2) is 24.3 Å². The van der Waals surface area contributed by atoms with E-state index in [4.69, 9.17) is 16.9 Å². The standard InChI is InChI=1S/C11H9BrClNO/c12-10(4-5-13)11(15)9-3-1-2-8(6-9)7-14/h1-3,6,10H,4-5H2. The van der Waals surface area contributed by atoms with Gasteiger partial charge in [0.2, 0.25) is 0 Å². The summed E-state index contributed by atoms with van der Waals surface area (Å²) >= 11 is 8.82. The minimum absolute atomic E-state index is 0.0345. The second-order valence-corrected chi connectivity index (χ2v) is 4.49. The third-order valence-electron chi connectivity index (χ3n) is 1.92. The number of carbonyl (C=O) groups is 1. The van der Waals surface area contributed by atoms with Gasteiger partial charge in [0.15, 0.2) is 5.78 Å². The number of hydrogen-bond acceptors (Lipinski definition) is 2. The monoisotopic (exact) mass is 285 g/mol. The number of ketones is 1. The summed E-state index contributed by atoms with van der Waals surface area (Å²) in [6.45, 7) is 0. The van der Waals surface area contributed by atoms with Crippen molar-refractivity contribution in [2.75, 3.05) is 5.88 Å². The van der Waals surface area contributed by atoms with Gasteiger partial charge in [-0.2, -0.15) is 5.26 Å². The van der Waals surface area contributed by atoms with E-state index in [1.54, 1.807) is 24.3 Å². The molecule has 2 nitrogen and oxygen atoms in total. The Morgan fingerprint density at radius 1 is 1.60 bits per heavy atom. The average Bonchev–Trinajstić information content (AvgIpc) is 2.28. The number of nitrogens with zero attached hydrogens (tertiary/aromatic N) is 1. The molecule has 0 aliphatic carbocycles. The predicted octanol–water partition coefficient (Wildman–Crippen LogP) is 3.13. The molecular weight excluding hydrogens is 277 g/mol. The molecule has 0 aliphatic heterocycles. The van der Waals surface area contributed by atoms with Crippen LogP contribution < -0.4 is 0 Å². The van der Waals surface area contributed by atoms with E-state index in [1.807, 2.05) is 6.07 Å². The molecule has 1 unspecified atom stereocenters. The smallest absolute Gasteiger partial charge is 0.176 e. The van der Waals surface area contributed by atoms with Crippen LogP contribution in [0.5, 0.6) is 0 Å². The normalized spacial score (nSPS) is 11.8. The van der Waals surface area contributed by atoms with E-state index in [9.17, 15) is 4.79 Å². The maximum absolute atomic E-state index is 11.8. The molecule has 0 saturated carbocycles. The second kappa shape index (κ2) is 5.89. The number of halogens is 2. The van der Waals surface area contributed by atoms with E-state index in [0.717, 1.165) is 0 Å². The lowest BCUT2D eigenvalue weighted by atomic mass is 10.0. The molecule has 15 heavy (non-hydrogen) atoms. The molecule has 1 aromatic carbocycles. The third kappa shape index (κ3) is 3.33. The lowest BCUT2D eigenvalue weighted by Gasteiger charge is -2.06. The third-order valence-corrected chi connectivity index (χ3v) is 3.02. The molecule has 0 spiro atoms. The van der Waals surface area contributed by atoms with E-state index in [0.29, 0.717) is 23.4 Å². The van der Waals surface area contributed by atoms with Crippen LogP contribution in [-0.4, -0.2) is 16.5 Å². The Labute approximate surface area is 102 Å². The first-order valence-corrected chi connectivity index (χ1v) is 5.88. The van der Waals surface area contributed by atoms with Crippen LogP contribution in [0, 0.1) is 11.3 Å². The van der Waals surface area contributed by atoms with Crippen LogP contribution >= 0.6 is 27.5 Å². The zero-order valence-electron chi connectivity index (χ0n) is 7.91. The Morgan fingerprint density at radius 2 is 2.33 bits per heavy atom. The molecule has 0 N–H and O–H groups in total. The van der Waals surface area contributed by atoms with Crippen LogP contribution in [0.4, 0.5) is 0 Å². The van der Waals surface area contributed by atoms with E-state index in [-0.39, 0.29) is 10.6 Å². The number of hydrogen-bond donors (Lipinski definition) is 0. The highest BCUT2D eigenvalue weighted by Crippen LogP contribution is 2.15. The van der Waals surface area contributed by atoms with Gasteiger partial charge < -0.3 is 0 Å². The second-order valence-electron chi connectivity index (χ2n) is 3.00. The zero-order valence-corrected chi connectivity index (χ0v) is 10.3. The lowest BCUT2D eigenvalue weighted by Crippen LogP contribution is -2.14. The minimum atomic E-state index is -0.274. The molecule has 0 radical (unpaired) electrons. The van der Waals surface area contributed by atoms with E-state index in [2.05, 4.69) is 15.9 Å². The fourth-order valence-electron chi connectivity index (χ4n) is 1.15. The summed E-state index contributed by atoms with van der Waals surface area (Å²) in [5, 5.41) is 8.69. The molecule has 0 bridgehead atoms. The maximum Gasteiger partial charge on any atom is 0.176 e. The fraction of sp³-hybridized carbons (Fsp3) is 0.273. The summed E-state index contributed by atoms with van der Waals surface area (Å²) in [5.74, 6) is 0.396. The quantitative estimate of drug-likeness (QED) is 0.630. The van der Waals surface area contributed by atoms with Crippen molar-refractivity contribution in [3.8, 4) is 6.07 Å². The fourth-order valence-corrected chi connectivity index (χ4v) is 2.12. The van der Waals surface area contributed by atoms with Gasteiger partial charge in [-0.3, -0.25) is 4.79 Å². The molecule has 1 rings (SSSR count). The number of benzene rings is 1. The van der Waals surface area contributed by atoms with Gasteiger partial charge in [0.1, 0.15) is 0 Å². The molecular formula is C11H9BrClNO. The van der Waals surface area contributed by atoms with E-state index >= 15 is 0 Å². The molecule has 0 saturated heterocycles. The zero-order chi connectivity index (χ0) is 11.3. The van der Waals surface area contributed by atoms with Crippen LogP contribution in [0.25, 0.3) is 0 Å². The van der Waals surface area contributed by atoms with Crippen LogP contribution in [0.1, 0.15) is 22.3 Å². The van der Waals surface area contributed by atoms with Gasteiger partial charge in [-0.05, 0) is 18.6 Å².